The number of morpholine rings is 1. The van der Waals surface area contributed by atoms with Crippen molar-refractivity contribution in [3.05, 3.63) is 0 Å². The monoisotopic (exact) mass is 199 g/mol. The van der Waals surface area contributed by atoms with Gasteiger partial charge in [0, 0.05) is 25.2 Å². The highest BCUT2D eigenvalue weighted by Gasteiger charge is 2.41. The maximum absolute atomic E-state index is 5.84. The van der Waals surface area contributed by atoms with E-state index < -0.39 is 0 Å². The van der Waals surface area contributed by atoms with E-state index in [1.807, 2.05) is 0 Å². The zero-order chi connectivity index (χ0) is 10.0. The molecule has 2 rings (SSSR count). The van der Waals surface area contributed by atoms with Crippen molar-refractivity contribution in [3.63, 3.8) is 0 Å². The Hall–Kier alpha value is -0.160. The smallest absolute Gasteiger partial charge is 0.0608 e. The van der Waals surface area contributed by atoms with Gasteiger partial charge in [0.25, 0.3) is 0 Å². The van der Waals surface area contributed by atoms with Gasteiger partial charge >= 0.3 is 0 Å². The average Bonchev–Trinajstić information content (AvgIpc) is 3.03. The molecule has 1 atom stereocenters. The molecule has 4 nitrogen and oxygen atoms in total. The lowest BCUT2D eigenvalue weighted by Gasteiger charge is -2.38. The van der Waals surface area contributed by atoms with Crippen LogP contribution in [0.25, 0.3) is 0 Å². The second-order valence-electron chi connectivity index (χ2n) is 4.61. The van der Waals surface area contributed by atoms with E-state index in [1.165, 1.54) is 12.8 Å². The van der Waals surface area contributed by atoms with Crippen molar-refractivity contribution in [2.45, 2.75) is 25.3 Å². The molecule has 14 heavy (non-hydrogen) atoms. The van der Waals surface area contributed by atoms with Gasteiger partial charge in [0.15, 0.2) is 0 Å². The summed E-state index contributed by atoms with van der Waals surface area (Å²) in [7, 11) is 0. The van der Waals surface area contributed by atoms with E-state index in [0.29, 0.717) is 0 Å². The molecule has 0 radical (unpaired) electrons. The fourth-order valence-corrected chi connectivity index (χ4v) is 2.06. The first-order chi connectivity index (χ1) is 6.74. The van der Waals surface area contributed by atoms with Crippen molar-refractivity contribution >= 4 is 0 Å². The minimum absolute atomic E-state index is 0.108. The molecular weight excluding hydrogens is 178 g/mol. The number of hydrogen-bond acceptors (Lipinski definition) is 4. The highest BCUT2D eigenvalue weighted by atomic mass is 16.5. The lowest BCUT2D eigenvalue weighted by Crippen LogP contribution is -2.60. The molecule has 1 saturated carbocycles. The van der Waals surface area contributed by atoms with Crippen LogP contribution in [0.2, 0.25) is 0 Å². The lowest BCUT2D eigenvalue weighted by molar-refractivity contribution is -0.0125. The largest absolute Gasteiger partial charge is 0.379 e. The number of nitrogens with two attached hydrogens (primary N) is 1. The summed E-state index contributed by atoms with van der Waals surface area (Å²) in [5.41, 5.74) is 9.53. The van der Waals surface area contributed by atoms with Crippen molar-refractivity contribution in [3.8, 4) is 0 Å². The predicted octanol–water partition coefficient (Wildman–Crippen LogP) is -0.0494. The Bertz CT molecular complexity index is 190. The van der Waals surface area contributed by atoms with E-state index in [0.717, 1.165) is 38.8 Å². The van der Waals surface area contributed by atoms with E-state index in [-0.39, 0.29) is 5.54 Å². The Kier molecular flexibility index (Phi) is 3.07. The molecule has 0 bridgehead atoms. The topological polar surface area (TPSA) is 50.5 Å². The SMILES string of the molecule is CC(CN)(NN1CCOCC1)C1CC1. The molecule has 1 heterocycles. The second-order valence-corrected chi connectivity index (χ2v) is 4.61. The zero-order valence-electron chi connectivity index (χ0n) is 8.96. The molecule has 1 saturated heterocycles. The third kappa shape index (κ3) is 2.25. The Morgan fingerprint density at radius 2 is 2.07 bits per heavy atom. The summed E-state index contributed by atoms with van der Waals surface area (Å²) in [6.45, 7) is 6.57. The minimum atomic E-state index is 0.108. The highest BCUT2D eigenvalue weighted by molar-refractivity contribution is 4.98. The lowest BCUT2D eigenvalue weighted by atomic mass is 9.97. The van der Waals surface area contributed by atoms with E-state index in [9.17, 15) is 0 Å². The van der Waals surface area contributed by atoms with Crippen LogP contribution in [0.15, 0.2) is 0 Å². The summed E-state index contributed by atoms with van der Waals surface area (Å²) in [6, 6.07) is 0. The molecule has 3 N–H and O–H groups in total. The Balaban J connectivity index is 1.86. The van der Waals surface area contributed by atoms with Gasteiger partial charge in [-0.25, -0.2) is 10.4 Å². The van der Waals surface area contributed by atoms with Crippen LogP contribution in [-0.4, -0.2) is 43.4 Å². The molecular formula is C10H21N3O. The van der Waals surface area contributed by atoms with Gasteiger partial charge in [-0.05, 0) is 25.7 Å². The van der Waals surface area contributed by atoms with Crippen molar-refractivity contribution in [2.75, 3.05) is 32.8 Å². The zero-order valence-corrected chi connectivity index (χ0v) is 8.96. The Morgan fingerprint density at radius 1 is 1.43 bits per heavy atom. The average molecular weight is 199 g/mol. The number of hydrogen-bond donors (Lipinski definition) is 2. The molecule has 1 aliphatic carbocycles. The van der Waals surface area contributed by atoms with Gasteiger partial charge < -0.3 is 10.5 Å². The second kappa shape index (κ2) is 4.14. The summed E-state index contributed by atoms with van der Waals surface area (Å²) < 4.78 is 5.31. The number of ether oxygens (including phenoxy) is 1. The van der Waals surface area contributed by atoms with Gasteiger partial charge in [0.05, 0.1) is 13.2 Å². The standard InChI is InChI=1S/C10H21N3O/c1-10(8-11,9-2-3-9)12-13-4-6-14-7-5-13/h9,12H,2-8,11H2,1H3. The fourth-order valence-electron chi connectivity index (χ4n) is 2.06. The molecule has 0 spiro atoms. The summed E-state index contributed by atoms with van der Waals surface area (Å²) in [6.07, 6.45) is 2.65. The Labute approximate surface area is 85.7 Å². The van der Waals surface area contributed by atoms with Gasteiger partial charge in [-0.15, -0.1) is 0 Å². The van der Waals surface area contributed by atoms with Gasteiger partial charge in [-0.1, -0.05) is 0 Å². The third-order valence-electron chi connectivity index (χ3n) is 3.33. The first-order valence-electron chi connectivity index (χ1n) is 5.55. The molecule has 1 unspecified atom stereocenters. The van der Waals surface area contributed by atoms with Crippen LogP contribution in [0.1, 0.15) is 19.8 Å². The fraction of sp³-hybridized carbons (Fsp3) is 1.00. The van der Waals surface area contributed by atoms with Crippen molar-refractivity contribution in [2.24, 2.45) is 11.7 Å². The van der Waals surface area contributed by atoms with Crippen molar-refractivity contribution in [1.82, 2.24) is 10.4 Å². The van der Waals surface area contributed by atoms with Crippen molar-refractivity contribution < 1.29 is 4.74 Å². The summed E-state index contributed by atoms with van der Waals surface area (Å²) in [4.78, 5) is 0. The van der Waals surface area contributed by atoms with Gasteiger partial charge in [0.2, 0.25) is 0 Å². The molecule has 0 aromatic carbocycles. The predicted molar refractivity (Wildman–Crippen MR) is 55.7 cm³/mol. The van der Waals surface area contributed by atoms with Gasteiger partial charge in [0.1, 0.15) is 0 Å². The molecule has 82 valence electrons. The molecule has 0 aromatic rings. The maximum atomic E-state index is 5.84. The summed E-state index contributed by atoms with van der Waals surface area (Å²) in [5, 5.41) is 2.26. The molecule has 4 heteroatoms. The molecule has 2 fully saturated rings. The number of nitrogens with one attached hydrogen (secondary N) is 1. The number of hydrazine groups is 1. The van der Waals surface area contributed by atoms with E-state index in [2.05, 4.69) is 17.4 Å². The van der Waals surface area contributed by atoms with Crippen LogP contribution in [-0.2, 0) is 4.74 Å². The van der Waals surface area contributed by atoms with Gasteiger partial charge in [-0.2, -0.15) is 0 Å². The van der Waals surface area contributed by atoms with Crippen LogP contribution in [0.3, 0.4) is 0 Å². The van der Waals surface area contributed by atoms with Crippen LogP contribution in [0.5, 0.6) is 0 Å². The first-order valence-corrected chi connectivity index (χ1v) is 5.55. The molecule has 0 aromatic heterocycles. The normalized spacial score (nSPS) is 28.7. The first kappa shape index (κ1) is 10.4. The minimum Gasteiger partial charge on any atom is -0.379 e. The molecule has 2 aliphatic rings. The Morgan fingerprint density at radius 3 is 2.57 bits per heavy atom. The van der Waals surface area contributed by atoms with Crippen LogP contribution in [0, 0.1) is 5.92 Å². The van der Waals surface area contributed by atoms with E-state index in [4.69, 9.17) is 10.5 Å². The molecule has 1 aliphatic heterocycles. The third-order valence-corrected chi connectivity index (χ3v) is 3.33. The van der Waals surface area contributed by atoms with Crippen molar-refractivity contribution in [1.29, 1.82) is 0 Å². The summed E-state index contributed by atoms with van der Waals surface area (Å²) >= 11 is 0. The maximum Gasteiger partial charge on any atom is 0.0608 e. The van der Waals surface area contributed by atoms with Crippen LogP contribution in [0.4, 0.5) is 0 Å². The summed E-state index contributed by atoms with van der Waals surface area (Å²) in [5.74, 6) is 0.773. The van der Waals surface area contributed by atoms with Crippen LogP contribution >= 0.6 is 0 Å². The van der Waals surface area contributed by atoms with Gasteiger partial charge in [-0.3, -0.25) is 0 Å². The number of nitrogens with zero attached hydrogens (tertiary/aromatic N) is 1. The quantitative estimate of drug-likeness (QED) is 0.666. The van der Waals surface area contributed by atoms with E-state index >= 15 is 0 Å². The number of rotatable bonds is 4. The van der Waals surface area contributed by atoms with E-state index in [1.54, 1.807) is 0 Å². The highest BCUT2D eigenvalue weighted by Crippen LogP contribution is 2.39. The van der Waals surface area contributed by atoms with Crippen LogP contribution < -0.4 is 11.2 Å². The molecule has 0 amide bonds.